The van der Waals surface area contributed by atoms with Gasteiger partial charge in [0.25, 0.3) is 0 Å². The fourth-order valence-electron chi connectivity index (χ4n) is 6.75. The van der Waals surface area contributed by atoms with E-state index in [9.17, 15) is 48.8 Å². The van der Waals surface area contributed by atoms with Crippen LogP contribution in [0.2, 0.25) is 5.02 Å². The van der Waals surface area contributed by atoms with E-state index in [4.69, 9.17) is 16.6 Å². The molecule has 57 heavy (non-hydrogen) atoms. The van der Waals surface area contributed by atoms with Crippen molar-refractivity contribution in [2.24, 2.45) is 4.99 Å². The molecular weight excluding hydrogens is 840 g/mol. The van der Waals surface area contributed by atoms with E-state index in [0.717, 1.165) is 5.56 Å². The van der Waals surface area contributed by atoms with Crippen LogP contribution in [0.15, 0.2) is 94.6 Å². The Morgan fingerprint density at radius 2 is 1.46 bits per heavy atom. The number of aryl methyl sites for hydroxylation is 1. The largest absolute Gasteiger partial charge is 1.00 e. The summed E-state index contributed by atoms with van der Waals surface area (Å²) in [5.74, 6) is -1.77. The smallest absolute Gasteiger partial charge is 0.748 e. The van der Waals surface area contributed by atoms with E-state index in [0.29, 0.717) is 44.6 Å². The Bertz CT molecular complexity index is 2520. The Hall–Kier alpha value is -2.23. The van der Waals surface area contributed by atoms with Crippen LogP contribution < -0.4 is 68.6 Å². The summed E-state index contributed by atoms with van der Waals surface area (Å²) in [6.07, 6.45) is 8.70. The van der Waals surface area contributed by atoms with Crippen LogP contribution in [0.4, 0.5) is 11.5 Å². The van der Waals surface area contributed by atoms with E-state index in [1.54, 1.807) is 58.2 Å². The van der Waals surface area contributed by atoms with Gasteiger partial charge in [-0.3, -0.25) is 0 Å². The van der Waals surface area contributed by atoms with Crippen LogP contribution in [-0.4, -0.2) is 73.7 Å². The molecule has 2 aromatic carbocycles. The molecule has 0 aliphatic carbocycles. The zero-order valence-electron chi connectivity index (χ0n) is 32.2. The van der Waals surface area contributed by atoms with Gasteiger partial charge in [-0.2, -0.15) is 0 Å². The first-order chi connectivity index (χ1) is 25.4. The third-order valence-electron chi connectivity index (χ3n) is 9.64. The van der Waals surface area contributed by atoms with Crippen molar-refractivity contribution in [1.82, 2.24) is 0 Å². The second-order valence-electron chi connectivity index (χ2n) is 14.2. The number of benzene rings is 2. The number of aromatic nitrogens is 1. The van der Waals surface area contributed by atoms with Gasteiger partial charge in [0.1, 0.15) is 16.3 Å². The topological polar surface area (TPSA) is 228 Å². The molecule has 5 rings (SSSR count). The molecule has 0 saturated carbocycles. The summed E-state index contributed by atoms with van der Waals surface area (Å²) < 4.78 is 106. The fourth-order valence-corrected chi connectivity index (χ4v) is 8.44. The predicted octanol–water partition coefficient (Wildman–Crippen LogP) is -1.21. The van der Waals surface area contributed by atoms with Crippen LogP contribution in [0.1, 0.15) is 67.6 Å². The fraction of sp³-hybridized carbons (Fsp3) is 0.324. The van der Waals surface area contributed by atoms with E-state index >= 15 is 0 Å². The van der Waals surface area contributed by atoms with Crippen molar-refractivity contribution in [1.29, 1.82) is 0 Å². The molecular formula is C37H38ClN3Na2O11S3. The number of aliphatic imine (C=N–C) groups is 1. The van der Waals surface area contributed by atoms with Gasteiger partial charge in [0.05, 0.1) is 53.2 Å². The number of anilines is 1. The van der Waals surface area contributed by atoms with E-state index in [1.165, 1.54) is 30.3 Å². The number of carboxylic acid groups (broad SMARTS) is 1. The Morgan fingerprint density at radius 1 is 0.860 bits per heavy atom. The Morgan fingerprint density at radius 3 is 2.04 bits per heavy atom. The average Bonchev–Trinajstić information content (AvgIpc) is 3.44. The van der Waals surface area contributed by atoms with E-state index in [-0.39, 0.29) is 90.6 Å². The second kappa shape index (κ2) is 18.6. The quantitative estimate of drug-likeness (QED) is 0.0872. The summed E-state index contributed by atoms with van der Waals surface area (Å²) in [6.45, 7) is 7.75. The minimum Gasteiger partial charge on any atom is -0.748 e. The first kappa shape index (κ1) is 49.1. The first-order valence-corrected chi connectivity index (χ1v) is 21.8. The number of nitrogens with zero attached hydrogens (tertiary/aromatic N) is 3. The minimum absolute atomic E-state index is 0. The number of halogens is 1. The minimum atomic E-state index is -4.81. The number of carboxylic acids is 1. The molecule has 0 saturated heterocycles. The van der Waals surface area contributed by atoms with Crippen LogP contribution in [0.25, 0.3) is 5.57 Å². The molecule has 2 aliphatic heterocycles. The van der Waals surface area contributed by atoms with Crippen molar-refractivity contribution in [3.63, 3.8) is 0 Å². The maximum atomic E-state index is 12.0. The van der Waals surface area contributed by atoms with Crippen molar-refractivity contribution in [2.45, 2.75) is 62.8 Å². The summed E-state index contributed by atoms with van der Waals surface area (Å²) in [5.41, 5.74) is 2.66. The van der Waals surface area contributed by atoms with E-state index in [1.807, 2.05) is 27.7 Å². The number of allylic oxidation sites excluding steroid dienone is 6. The van der Waals surface area contributed by atoms with Crippen molar-refractivity contribution in [2.75, 3.05) is 23.0 Å². The van der Waals surface area contributed by atoms with Crippen LogP contribution in [0, 0.1) is 0 Å². The normalized spacial score (nSPS) is 16.8. The van der Waals surface area contributed by atoms with Crippen molar-refractivity contribution in [3.8, 4) is 0 Å². The number of hydrogen-bond donors (Lipinski definition) is 1. The van der Waals surface area contributed by atoms with Gasteiger partial charge in [0.2, 0.25) is 0 Å². The number of pyridine rings is 1. The number of fused-ring (bicyclic) bond motifs is 2. The average molecular weight is 878 g/mol. The van der Waals surface area contributed by atoms with E-state index in [2.05, 4.69) is 0 Å². The van der Waals surface area contributed by atoms with Gasteiger partial charge >= 0.3 is 70.9 Å². The molecule has 0 radical (unpaired) electrons. The Kier molecular flexibility index (Phi) is 16.0. The van der Waals surface area contributed by atoms with Crippen LogP contribution >= 0.6 is 11.6 Å². The van der Waals surface area contributed by atoms with Crippen molar-refractivity contribution < 1.29 is 112 Å². The third-order valence-corrected chi connectivity index (χ3v) is 12.3. The molecule has 3 aromatic rings. The molecule has 0 unspecified atom stereocenters. The zero-order chi connectivity index (χ0) is 40.7. The number of carbonyl (C=O) groups is 1. The molecule has 0 spiro atoms. The summed E-state index contributed by atoms with van der Waals surface area (Å²) in [7, 11) is -13.8. The standard InChI is InChI=1S/C37H40ClN3O11S3.2Na/c1-36(2)30-21-27(38)23-40(17-5-19-53(44,45)46)34(30)39-32(36)15-11-25(24-7-9-26(10-8-24)35(42)43)12-16-33-37(3,4)29-22-28(55(50,51)52)13-14-31(29)41(33)18-6-20-54(47,48)49;;/h7-16,21-23H,5-6,17-20H2,1-4H3,(H3-,42,43,44,45,46,47,48,49,50,51,52);;/q;2*+1/p-2. The first-order valence-electron chi connectivity index (χ1n) is 16.9. The summed E-state index contributed by atoms with van der Waals surface area (Å²) in [4.78, 5) is 17.9. The summed E-state index contributed by atoms with van der Waals surface area (Å²) >= 11 is 6.45. The molecule has 0 amide bonds. The summed E-state index contributed by atoms with van der Waals surface area (Å²) in [5, 5.41) is 9.91. The Balaban J connectivity index is 0.00000435. The van der Waals surface area contributed by atoms with Gasteiger partial charge in [-0.25, -0.2) is 34.6 Å². The number of aromatic carboxylic acids is 1. The molecule has 1 N–H and O–H groups in total. The molecule has 14 nitrogen and oxygen atoms in total. The molecule has 0 bridgehead atoms. The molecule has 20 heteroatoms. The Labute approximate surface area is 382 Å². The predicted molar refractivity (Wildman–Crippen MR) is 204 cm³/mol. The molecule has 2 aliphatic rings. The van der Waals surface area contributed by atoms with Gasteiger partial charge in [0.15, 0.2) is 5.71 Å². The summed E-state index contributed by atoms with van der Waals surface area (Å²) in [6, 6.07) is 11.9. The zero-order valence-corrected chi connectivity index (χ0v) is 39.4. The second-order valence-corrected chi connectivity index (χ2v) is 19.1. The monoisotopic (exact) mass is 877 g/mol. The van der Waals surface area contributed by atoms with Crippen molar-refractivity contribution in [3.05, 3.63) is 112 Å². The maximum Gasteiger partial charge on any atom is 1.00 e. The van der Waals surface area contributed by atoms with Crippen LogP contribution in [0.5, 0.6) is 0 Å². The van der Waals surface area contributed by atoms with Gasteiger partial charge in [-0.1, -0.05) is 49.7 Å². The van der Waals surface area contributed by atoms with Gasteiger partial charge in [-0.15, -0.1) is 0 Å². The van der Waals surface area contributed by atoms with Crippen LogP contribution in [0.3, 0.4) is 0 Å². The molecule has 0 atom stereocenters. The molecule has 294 valence electrons. The molecule has 3 heterocycles. The van der Waals surface area contributed by atoms with Gasteiger partial charge < -0.3 is 23.7 Å². The third kappa shape index (κ3) is 11.7. The SMILES string of the molecule is CC1(C)C(/C=C/C(=C/C=C2/N(CCCS(=O)(=O)[O-])c3ccc(S(=O)(=O)[O-])cc3C2(C)C)c2ccc(C(=O)O)cc2)=Nc2c1cc(Cl)c[n+]2CCCS(=O)(=O)[O-].[Na+].[Na+]. The maximum absolute atomic E-state index is 12.0. The molecule has 0 fully saturated rings. The number of hydrogen-bond acceptors (Lipinski definition) is 12. The van der Waals surface area contributed by atoms with E-state index < -0.39 is 63.6 Å². The van der Waals surface area contributed by atoms with Crippen molar-refractivity contribution >= 4 is 70.7 Å². The molecule has 1 aromatic heterocycles. The van der Waals surface area contributed by atoms with Gasteiger partial charge in [-0.05, 0) is 96.9 Å². The number of rotatable bonds is 14. The van der Waals surface area contributed by atoms with Gasteiger partial charge in [0, 0.05) is 34.8 Å². The van der Waals surface area contributed by atoms with Crippen LogP contribution in [-0.2, 0) is 47.7 Å².